The third-order valence-corrected chi connectivity index (χ3v) is 3.45. The highest BCUT2D eigenvalue weighted by Gasteiger charge is 2.31. The summed E-state index contributed by atoms with van der Waals surface area (Å²) in [5.74, 6) is 0.170. The predicted molar refractivity (Wildman–Crippen MR) is 69.8 cm³/mol. The van der Waals surface area contributed by atoms with Crippen molar-refractivity contribution in [2.24, 2.45) is 5.92 Å². The summed E-state index contributed by atoms with van der Waals surface area (Å²) in [5.41, 5.74) is 2.99. The van der Waals surface area contributed by atoms with Crippen LogP contribution in [0.3, 0.4) is 0 Å². The Hall–Kier alpha value is -1.60. The van der Waals surface area contributed by atoms with Crippen LogP contribution in [0.25, 0.3) is 5.57 Å². The molecule has 0 saturated heterocycles. The topological polar surface area (TPSA) is 17.1 Å². The van der Waals surface area contributed by atoms with Crippen molar-refractivity contribution in [2.75, 3.05) is 0 Å². The van der Waals surface area contributed by atoms with Crippen LogP contribution in [-0.2, 0) is 4.79 Å². The fourth-order valence-corrected chi connectivity index (χ4v) is 2.59. The van der Waals surface area contributed by atoms with E-state index in [4.69, 9.17) is 11.6 Å². The fraction of sp³-hybridized carbons (Fsp3) is 0.133. The summed E-state index contributed by atoms with van der Waals surface area (Å²) in [7, 11) is 0. The first-order valence-electron chi connectivity index (χ1n) is 5.61. The maximum atomic E-state index is 11.9. The Labute approximate surface area is 105 Å². The first-order chi connectivity index (χ1) is 8.25. The van der Waals surface area contributed by atoms with E-state index in [1.165, 1.54) is 0 Å². The Kier molecular flexibility index (Phi) is 2.49. The molecule has 2 unspecified atom stereocenters. The van der Waals surface area contributed by atoms with Crippen molar-refractivity contribution in [1.82, 2.24) is 0 Å². The molecule has 84 valence electrons. The van der Waals surface area contributed by atoms with Gasteiger partial charge >= 0.3 is 0 Å². The van der Waals surface area contributed by atoms with Crippen LogP contribution in [0.15, 0.2) is 60.2 Å². The third-order valence-electron chi connectivity index (χ3n) is 3.17. The van der Waals surface area contributed by atoms with Gasteiger partial charge < -0.3 is 0 Å². The molecule has 1 nitrogen and oxygen atoms in total. The average molecular weight is 243 g/mol. The molecule has 0 N–H and O–H groups in total. The minimum atomic E-state index is -0.159. The fourth-order valence-electron chi connectivity index (χ4n) is 2.37. The molecule has 1 aromatic rings. The summed E-state index contributed by atoms with van der Waals surface area (Å²) in [6, 6.07) is 10.0. The molecule has 1 aromatic carbocycles. The van der Waals surface area contributed by atoms with E-state index in [1.807, 2.05) is 48.6 Å². The van der Waals surface area contributed by atoms with Crippen LogP contribution in [0, 0.1) is 5.92 Å². The summed E-state index contributed by atoms with van der Waals surface area (Å²) < 4.78 is 0. The molecule has 0 spiro atoms. The molecular weight excluding hydrogens is 232 g/mol. The largest absolute Gasteiger partial charge is 0.290 e. The lowest BCUT2D eigenvalue weighted by molar-refractivity contribution is -0.111. The molecule has 0 amide bonds. The second-order valence-corrected chi connectivity index (χ2v) is 4.76. The van der Waals surface area contributed by atoms with Crippen LogP contribution in [0.4, 0.5) is 0 Å². The van der Waals surface area contributed by atoms with Gasteiger partial charge in [0.05, 0.1) is 5.38 Å². The summed E-state index contributed by atoms with van der Waals surface area (Å²) in [6.07, 6.45) is 7.54. The lowest BCUT2D eigenvalue weighted by Gasteiger charge is -2.17. The monoisotopic (exact) mass is 242 g/mol. The van der Waals surface area contributed by atoms with Gasteiger partial charge in [-0.05, 0) is 17.2 Å². The van der Waals surface area contributed by atoms with Gasteiger partial charge in [-0.2, -0.15) is 0 Å². The van der Waals surface area contributed by atoms with Gasteiger partial charge in [0.2, 0.25) is 0 Å². The molecule has 0 fully saturated rings. The van der Waals surface area contributed by atoms with Crippen molar-refractivity contribution in [3.8, 4) is 0 Å². The number of allylic oxidation sites excluding steroid dienone is 6. The van der Waals surface area contributed by atoms with Crippen molar-refractivity contribution >= 4 is 23.0 Å². The van der Waals surface area contributed by atoms with E-state index in [9.17, 15) is 4.79 Å². The van der Waals surface area contributed by atoms with Crippen LogP contribution in [0.2, 0.25) is 0 Å². The van der Waals surface area contributed by atoms with Crippen molar-refractivity contribution < 1.29 is 4.79 Å². The quantitative estimate of drug-likeness (QED) is 0.545. The molecule has 0 bridgehead atoms. The van der Waals surface area contributed by atoms with Crippen LogP contribution in [-0.4, -0.2) is 11.2 Å². The Morgan fingerprint density at radius 3 is 2.53 bits per heavy atom. The summed E-state index contributed by atoms with van der Waals surface area (Å²) >= 11 is 6.00. The maximum absolute atomic E-state index is 11.9. The number of rotatable bonds is 1. The maximum Gasteiger partial charge on any atom is 0.182 e. The lowest BCUT2D eigenvalue weighted by Crippen LogP contribution is -2.10. The minimum absolute atomic E-state index is 0.0832. The average Bonchev–Trinajstić information content (AvgIpc) is 2.68. The molecule has 0 heterocycles. The van der Waals surface area contributed by atoms with Crippen molar-refractivity contribution in [2.45, 2.75) is 5.38 Å². The van der Waals surface area contributed by atoms with Gasteiger partial charge in [0.1, 0.15) is 0 Å². The third kappa shape index (κ3) is 1.77. The summed E-state index contributed by atoms with van der Waals surface area (Å²) in [5, 5.41) is -0.159. The number of carbonyl (C=O) groups excluding carboxylic acids is 1. The predicted octanol–water partition coefficient (Wildman–Crippen LogP) is 3.37. The van der Waals surface area contributed by atoms with Crippen molar-refractivity contribution in [3.05, 3.63) is 65.8 Å². The highest BCUT2D eigenvalue weighted by Crippen LogP contribution is 2.39. The van der Waals surface area contributed by atoms with E-state index in [0.29, 0.717) is 0 Å². The normalized spacial score (nSPS) is 26.5. The zero-order valence-electron chi connectivity index (χ0n) is 9.14. The van der Waals surface area contributed by atoms with Gasteiger partial charge in [-0.15, -0.1) is 11.6 Å². The molecule has 2 aliphatic rings. The van der Waals surface area contributed by atoms with Gasteiger partial charge in [-0.3, -0.25) is 4.79 Å². The van der Waals surface area contributed by atoms with Gasteiger partial charge in [-0.1, -0.05) is 48.6 Å². The van der Waals surface area contributed by atoms with Crippen LogP contribution in [0.5, 0.6) is 0 Å². The number of fused-ring (bicyclic) bond motifs is 1. The van der Waals surface area contributed by atoms with E-state index in [-0.39, 0.29) is 17.1 Å². The molecule has 0 saturated carbocycles. The molecule has 0 aliphatic heterocycles. The Morgan fingerprint density at radius 1 is 1.00 bits per heavy atom. The summed E-state index contributed by atoms with van der Waals surface area (Å²) in [6.45, 7) is 0. The number of alkyl halides is 1. The number of benzene rings is 1. The molecular formula is C15H11ClO. The van der Waals surface area contributed by atoms with E-state index in [2.05, 4.69) is 0 Å². The second-order valence-electron chi connectivity index (χ2n) is 4.26. The number of halogens is 1. The van der Waals surface area contributed by atoms with E-state index < -0.39 is 0 Å². The van der Waals surface area contributed by atoms with E-state index in [1.54, 1.807) is 6.08 Å². The number of carbonyl (C=O) groups is 1. The highest BCUT2D eigenvalue weighted by atomic mass is 35.5. The highest BCUT2D eigenvalue weighted by molar-refractivity contribution is 6.25. The number of hydrogen-bond acceptors (Lipinski definition) is 1. The number of hydrogen-bond donors (Lipinski definition) is 0. The van der Waals surface area contributed by atoms with Gasteiger partial charge in [0, 0.05) is 11.5 Å². The molecule has 2 atom stereocenters. The minimum Gasteiger partial charge on any atom is -0.290 e. The van der Waals surface area contributed by atoms with Gasteiger partial charge in [0.15, 0.2) is 5.78 Å². The summed E-state index contributed by atoms with van der Waals surface area (Å²) in [4.78, 5) is 11.9. The van der Waals surface area contributed by atoms with Crippen LogP contribution >= 0.6 is 11.6 Å². The van der Waals surface area contributed by atoms with Crippen molar-refractivity contribution in [3.63, 3.8) is 0 Å². The molecule has 2 aliphatic carbocycles. The zero-order chi connectivity index (χ0) is 11.8. The molecule has 0 aromatic heterocycles. The smallest absolute Gasteiger partial charge is 0.182 e. The Morgan fingerprint density at radius 2 is 1.76 bits per heavy atom. The Balaban J connectivity index is 2.04. The van der Waals surface area contributed by atoms with Gasteiger partial charge in [-0.25, -0.2) is 0 Å². The van der Waals surface area contributed by atoms with Crippen LogP contribution in [0.1, 0.15) is 5.56 Å². The Bertz CT molecular complexity index is 552. The van der Waals surface area contributed by atoms with Crippen LogP contribution < -0.4 is 0 Å². The molecule has 17 heavy (non-hydrogen) atoms. The zero-order valence-corrected chi connectivity index (χ0v) is 9.89. The lowest BCUT2D eigenvalue weighted by atomic mass is 9.88. The SMILES string of the molecule is O=C1C=C(c2ccccc2)C2C=CC(Cl)C=C12. The molecule has 2 heteroatoms. The second kappa shape index (κ2) is 4.01. The van der Waals surface area contributed by atoms with E-state index in [0.717, 1.165) is 16.7 Å². The first-order valence-corrected chi connectivity index (χ1v) is 6.05. The number of ketones is 1. The molecule has 0 radical (unpaired) electrons. The standard InChI is InChI=1S/C15H11ClO/c16-11-6-7-12-13(9-15(17)14(12)8-11)10-4-2-1-3-5-10/h1-9,11-12H. The first kappa shape index (κ1) is 10.5. The van der Waals surface area contributed by atoms with E-state index >= 15 is 0 Å². The van der Waals surface area contributed by atoms with Crippen molar-refractivity contribution in [1.29, 1.82) is 0 Å². The van der Waals surface area contributed by atoms with Gasteiger partial charge in [0.25, 0.3) is 0 Å². The molecule has 3 rings (SSSR count).